The lowest BCUT2D eigenvalue weighted by atomic mass is 10.0. The average molecular weight is 417 g/mol. The van der Waals surface area contributed by atoms with Gasteiger partial charge in [-0.3, -0.25) is 25.2 Å². The van der Waals surface area contributed by atoms with Crippen LogP contribution in [0.2, 0.25) is 0 Å². The van der Waals surface area contributed by atoms with E-state index in [9.17, 15) is 14.4 Å². The molecular formula is C24H23N3O4. The molecule has 0 atom stereocenters. The first-order valence-corrected chi connectivity index (χ1v) is 10.1. The Morgan fingerprint density at radius 2 is 1.68 bits per heavy atom. The number of rotatable bonds is 6. The highest BCUT2D eigenvalue weighted by Crippen LogP contribution is 2.31. The van der Waals surface area contributed by atoms with E-state index in [0.29, 0.717) is 11.4 Å². The summed E-state index contributed by atoms with van der Waals surface area (Å²) in [6.07, 6.45) is 1.72. The normalized spacial score (nSPS) is 12.8. The number of aryl methyl sites for hydroxylation is 1. The van der Waals surface area contributed by atoms with Crippen LogP contribution in [0.25, 0.3) is 10.8 Å². The second-order valence-electron chi connectivity index (χ2n) is 7.62. The molecule has 0 spiro atoms. The fourth-order valence-corrected chi connectivity index (χ4v) is 3.20. The number of hydrogen-bond acceptors (Lipinski definition) is 4. The lowest BCUT2D eigenvalue weighted by molar-refractivity contribution is -0.123. The Hall–Kier alpha value is -3.87. The third-order valence-corrected chi connectivity index (χ3v) is 5.01. The van der Waals surface area contributed by atoms with Gasteiger partial charge in [0, 0.05) is 5.92 Å². The van der Waals surface area contributed by atoms with Crippen molar-refractivity contribution in [2.45, 2.75) is 19.8 Å². The Kier molecular flexibility index (Phi) is 5.84. The second kappa shape index (κ2) is 8.87. The zero-order valence-corrected chi connectivity index (χ0v) is 17.1. The van der Waals surface area contributed by atoms with Gasteiger partial charge in [-0.1, -0.05) is 36.4 Å². The predicted molar refractivity (Wildman–Crippen MR) is 118 cm³/mol. The van der Waals surface area contributed by atoms with Crippen LogP contribution in [-0.2, 0) is 9.59 Å². The van der Waals surface area contributed by atoms with E-state index >= 15 is 0 Å². The van der Waals surface area contributed by atoms with Crippen LogP contribution in [0.1, 0.15) is 28.8 Å². The number of nitrogens with one attached hydrogen (secondary N) is 3. The van der Waals surface area contributed by atoms with Crippen molar-refractivity contribution in [2.75, 3.05) is 11.9 Å². The smallest absolute Gasteiger partial charge is 0.276 e. The van der Waals surface area contributed by atoms with Crippen molar-refractivity contribution in [3.05, 3.63) is 71.8 Å². The maximum Gasteiger partial charge on any atom is 0.276 e. The molecular weight excluding hydrogens is 394 g/mol. The fraction of sp³-hybridized carbons (Fsp3) is 0.208. The summed E-state index contributed by atoms with van der Waals surface area (Å²) < 4.78 is 5.43. The Morgan fingerprint density at radius 1 is 0.935 bits per heavy atom. The summed E-state index contributed by atoms with van der Waals surface area (Å²) in [6, 6.07) is 18.4. The van der Waals surface area contributed by atoms with E-state index in [0.717, 1.165) is 29.2 Å². The average Bonchev–Trinajstić information content (AvgIpc) is 3.61. The van der Waals surface area contributed by atoms with E-state index in [1.54, 1.807) is 18.2 Å². The van der Waals surface area contributed by atoms with Crippen LogP contribution in [0.5, 0.6) is 5.75 Å². The molecule has 1 aliphatic carbocycles. The van der Waals surface area contributed by atoms with Crippen molar-refractivity contribution >= 4 is 34.2 Å². The van der Waals surface area contributed by atoms with Crippen LogP contribution >= 0.6 is 0 Å². The minimum atomic E-state index is -0.527. The van der Waals surface area contributed by atoms with Gasteiger partial charge in [0.15, 0.2) is 6.61 Å². The minimum Gasteiger partial charge on any atom is -0.484 e. The van der Waals surface area contributed by atoms with Gasteiger partial charge in [-0.05, 0) is 60.4 Å². The first-order chi connectivity index (χ1) is 15.0. The number of fused-ring (bicyclic) bond motifs is 1. The lowest BCUT2D eigenvalue weighted by Crippen LogP contribution is -2.44. The highest BCUT2D eigenvalue weighted by Gasteiger charge is 2.30. The predicted octanol–water partition coefficient (Wildman–Crippen LogP) is 3.34. The van der Waals surface area contributed by atoms with Gasteiger partial charge in [-0.15, -0.1) is 0 Å². The van der Waals surface area contributed by atoms with E-state index in [4.69, 9.17) is 4.74 Å². The molecule has 7 heteroatoms. The standard InChI is InChI=1S/C24H23N3O4/c1-15-5-4-8-19(11-15)31-14-22(28)26-27-24(30)20-12-17-6-2-3-7-18(17)13-21(20)25-23(29)16-9-10-16/h2-8,11-13,16H,9-10,14H2,1H3,(H,25,29)(H,26,28)(H,27,30). The van der Waals surface area contributed by atoms with Crippen molar-refractivity contribution in [2.24, 2.45) is 5.92 Å². The van der Waals surface area contributed by atoms with Crippen molar-refractivity contribution in [1.82, 2.24) is 10.9 Å². The molecule has 0 bridgehead atoms. The number of carbonyl (C=O) groups is 3. The first-order valence-electron chi connectivity index (χ1n) is 10.1. The van der Waals surface area contributed by atoms with E-state index in [1.807, 2.05) is 49.4 Å². The molecule has 1 aliphatic rings. The highest BCUT2D eigenvalue weighted by atomic mass is 16.5. The number of hydrazine groups is 1. The van der Waals surface area contributed by atoms with Gasteiger partial charge in [0.1, 0.15) is 5.75 Å². The zero-order chi connectivity index (χ0) is 21.8. The summed E-state index contributed by atoms with van der Waals surface area (Å²) >= 11 is 0. The molecule has 0 aromatic heterocycles. The molecule has 1 saturated carbocycles. The van der Waals surface area contributed by atoms with Gasteiger partial charge < -0.3 is 10.1 Å². The topological polar surface area (TPSA) is 96.5 Å². The summed E-state index contributed by atoms with van der Waals surface area (Å²) in [6.45, 7) is 1.68. The molecule has 0 aliphatic heterocycles. The van der Waals surface area contributed by atoms with Crippen LogP contribution in [0.15, 0.2) is 60.7 Å². The first kappa shape index (κ1) is 20.4. The van der Waals surface area contributed by atoms with Crippen molar-refractivity contribution in [3.63, 3.8) is 0 Å². The van der Waals surface area contributed by atoms with Gasteiger partial charge >= 0.3 is 0 Å². The third kappa shape index (κ3) is 5.19. The molecule has 0 saturated heterocycles. The highest BCUT2D eigenvalue weighted by molar-refractivity contribution is 6.08. The zero-order valence-electron chi connectivity index (χ0n) is 17.1. The molecule has 4 rings (SSSR count). The van der Waals surface area contributed by atoms with Gasteiger partial charge in [0.2, 0.25) is 5.91 Å². The summed E-state index contributed by atoms with van der Waals surface area (Å²) in [5.74, 6) is -0.554. The Morgan fingerprint density at radius 3 is 2.39 bits per heavy atom. The molecule has 3 N–H and O–H groups in total. The second-order valence-corrected chi connectivity index (χ2v) is 7.62. The Labute approximate surface area is 179 Å². The fourth-order valence-electron chi connectivity index (χ4n) is 3.20. The number of hydrogen-bond donors (Lipinski definition) is 3. The lowest BCUT2D eigenvalue weighted by Gasteiger charge is -2.14. The quantitative estimate of drug-likeness (QED) is 0.536. The molecule has 158 valence electrons. The van der Waals surface area contributed by atoms with Crippen molar-refractivity contribution in [3.8, 4) is 5.75 Å². The molecule has 0 unspecified atom stereocenters. The van der Waals surface area contributed by atoms with E-state index in [2.05, 4.69) is 16.2 Å². The Balaban J connectivity index is 1.43. The number of ether oxygens (including phenoxy) is 1. The molecule has 0 radical (unpaired) electrons. The molecule has 7 nitrogen and oxygen atoms in total. The largest absolute Gasteiger partial charge is 0.484 e. The van der Waals surface area contributed by atoms with Crippen LogP contribution in [0.4, 0.5) is 5.69 Å². The summed E-state index contributed by atoms with van der Waals surface area (Å²) in [4.78, 5) is 37.1. The molecule has 3 aromatic carbocycles. The molecule has 3 aromatic rings. The monoisotopic (exact) mass is 417 g/mol. The number of amides is 3. The van der Waals surface area contributed by atoms with E-state index < -0.39 is 11.8 Å². The van der Waals surface area contributed by atoms with Gasteiger partial charge in [-0.25, -0.2) is 0 Å². The SMILES string of the molecule is Cc1cccc(OCC(=O)NNC(=O)c2cc3ccccc3cc2NC(=O)C2CC2)c1. The maximum atomic E-state index is 12.8. The summed E-state index contributed by atoms with van der Waals surface area (Å²) in [5.41, 5.74) is 6.46. The molecule has 31 heavy (non-hydrogen) atoms. The molecule has 0 heterocycles. The van der Waals surface area contributed by atoms with Gasteiger partial charge in [-0.2, -0.15) is 0 Å². The van der Waals surface area contributed by atoms with E-state index in [-0.39, 0.29) is 24.0 Å². The number of anilines is 1. The van der Waals surface area contributed by atoms with Crippen molar-refractivity contribution < 1.29 is 19.1 Å². The van der Waals surface area contributed by atoms with Crippen molar-refractivity contribution in [1.29, 1.82) is 0 Å². The number of carbonyl (C=O) groups excluding carboxylic acids is 3. The maximum absolute atomic E-state index is 12.8. The number of benzene rings is 3. The van der Waals surface area contributed by atoms with Crippen LogP contribution in [0.3, 0.4) is 0 Å². The van der Waals surface area contributed by atoms with Gasteiger partial charge in [0.05, 0.1) is 11.3 Å². The third-order valence-electron chi connectivity index (χ3n) is 5.01. The van der Waals surface area contributed by atoms with Crippen LogP contribution in [-0.4, -0.2) is 24.3 Å². The summed E-state index contributed by atoms with van der Waals surface area (Å²) in [5, 5.41) is 4.60. The van der Waals surface area contributed by atoms with Crippen LogP contribution < -0.4 is 20.9 Å². The van der Waals surface area contributed by atoms with Gasteiger partial charge in [0.25, 0.3) is 11.8 Å². The summed E-state index contributed by atoms with van der Waals surface area (Å²) in [7, 11) is 0. The Bertz CT molecular complexity index is 1150. The van der Waals surface area contributed by atoms with Crippen LogP contribution in [0, 0.1) is 12.8 Å². The van der Waals surface area contributed by atoms with E-state index in [1.165, 1.54) is 0 Å². The molecule has 3 amide bonds. The minimum absolute atomic E-state index is 0.000793. The molecule has 1 fully saturated rings.